The van der Waals surface area contributed by atoms with Crippen molar-refractivity contribution < 1.29 is 9.53 Å². The van der Waals surface area contributed by atoms with Crippen LogP contribution in [0.1, 0.15) is 45.1 Å². The van der Waals surface area contributed by atoms with Crippen molar-refractivity contribution >= 4 is 16.6 Å². The molecule has 112 valence electrons. The zero-order valence-corrected chi connectivity index (χ0v) is 13.3. The van der Waals surface area contributed by atoms with Crippen LogP contribution in [0.25, 0.3) is 10.8 Å². The first kappa shape index (κ1) is 15.6. The third-order valence-electron chi connectivity index (χ3n) is 4.30. The first-order valence-electron chi connectivity index (χ1n) is 7.65. The van der Waals surface area contributed by atoms with Crippen LogP contribution in [0.4, 0.5) is 0 Å². The molecular weight excluding hydrogens is 260 g/mol. The fraction of sp³-hybridized carbons (Fsp3) is 0.421. The molecule has 2 rings (SSSR count). The first-order chi connectivity index (χ1) is 10.0. The molecule has 0 fully saturated rings. The quantitative estimate of drug-likeness (QED) is 0.749. The largest absolute Gasteiger partial charge is 0.497 e. The average molecular weight is 284 g/mol. The Morgan fingerprint density at radius 3 is 2.43 bits per heavy atom. The highest BCUT2D eigenvalue weighted by Crippen LogP contribution is 2.27. The van der Waals surface area contributed by atoms with E-state index >= 15 is 0 Å². The Balaban J connectivity index is 2.24. The molecule has 0 aliphatic heterocycles. The van der Waals surface area contributed by atoms with Gasteiger partial charge in [0.1, 0.15) is 11.5 Å². The molecule has 0 bridgehead atoms. The van der Waals surface area contributed by atoms with E-state index in [1.807, 2.05) is 25.1 Å². The van der Waals surface area contributed by atoms with Gasteiger partial charge in [-0.2, -0.15) is 0 Å². The van der Waals surface area contributed by atoms with Gasteiger partial charge in [-0.05, 0) is 34.4 Å². The van der Waals surface area contributed by atoms with Crippen molar-refractivity contribution in [2.24, 2.45) is 5.92 Å². The molecule has 2 heteroatoms. The lowest BCUT2D eigenvalue weighted by molar-refractivity contribution is -0.121. The molecule has 0 saturated heterocycles. The van der Waals surface area contributed by atoms with Crippen molar-refractivity contribution in [1.82, 2.24) is 0 Å². The summed E-state index contributed by atoms with van der Waals surface area (Å²) >= 11 is 0. The van der Waals surface area contributed by atoms with Crippen LogP contribution in [0, 0.1) is 5.92 Å². The number of carbonyl (C=O) groups excluding carboxylic acids is 1. The Morgan fingerprint density at radius 1 is 1.10 bits per heavy atom. The zero-order valence-electron chi connectivity index (χ0n) is 13.3. The lowest BCUT2D eigenvalue weighted by atomic mass is 9.89. The number of hydrogen-bond acceptors (Lipinski definition) is 2. The lowest BCUT2D eigenvalue weighted by Gasteiger charge is -2.14. The molecule has 0 aliphatic carbocycles. The maximum absolute atomic E-state index is 12.3. The first-order valence-corrected chi connectivity index (χ1v) is 7.65. The monoisotopic (exact) mass is 284 g/mol. The molecule has 0 radical (unpaired) electrons. The minimum atomic E-state index is -0.0366. The summed E-state index contributed by atoms with van der Waals surface area (Å²) in [6, 6.07) is 12.3. The molecular formula is C19H24O2. The summed E-state index contributed by atoms with van der Waals surface area (Å²) in [4.78, 5) is 12.3. The topological polar surface area (TPSA) is 26.3 Å². The van der Waals surface area contributed by atoms with E-state index in [9.17, 15) is 4.79 Å². The van der Waals surface area contributed by atoms with Gasteiger partial charge >= 0.3 is 0 Å². The maximum atomic E-state index is 12.3. The molecule has 2 atom stereocenters. The van der Waals surface area contributed by atoms with E-state index in [0.717, 1.165) is 28.5 Å². The molecule has 0 aromatic heterocycles. The maximum Gasteiger partial charge on any atom is 0.140 e. The number of methoxy groups -OCH3 is 1. The number of hydrogen-bond donors (Lipinski definition) is 0. The number of benzene rings is 2. The van der Waals surface area contributed by atoms with Gasteiger partial charge in [0, 0.05) is 12.3 Å². The van der Waals surface area contributed by atoms with E-state index in [1.54, 1.807) is 7.11 Å². The second kappa shape index (κ2) is 6.75. The van der Waals surface area contributed by atoms with Gasteiger partial charge in [-0.25, -0.2) is 0 Å². The van der Waals surface area contributed by atoms with Gasteiger partial charge in [-0.3, -0.25) is 4.79 Å². The Bertz CT molecular complexity index is 630. The summed E-state index contributed by atoms with van der Waals surface area (Å²) < 4.78 is 5.24. The molecule has 0 saturated carbocycles. The van der Waals surface area contributed by atoms with Crippen molar-refractivity contribution in [1.29, 1.82) is 0 Å². The van der Waals surface area contributed by atoms with E-state index in [0.29, 0.717) is 18.1 Å². The molecule has 2 nitrogen and oxygen atoms in total. The van der Waals surface area contributed by atoms with Gasteiger partial charge in [0.15, 0.2) is 0 Å². The van der Waals surface area contributed by atoms with Crippen LogP contribution in [-0.4, -0.2) is 12.9 Å². The van der Waals surface area contributed by atoms with Crippen LogP contribution in [0.5, 0.6) is 5.75 Å². The Kier molecular flexibility index (Phi) is 5.00. The predicted molar refractivity (Wildman–Crippen MR) is 88.0 cm³/mol. The standard InChI is InChI=1S/C19H24O2/c1-5-13(2)10-19(20)14(3)15-6-7-17-12-18(21-4)9-8-16(17)11-15/h6-9,11-14H,5,10H2,1-4H3. The van der Waals surface area contributed by atoms with Gasteiger partial charge in [-0.1, -0.05) is 51.5 Å². The second-order valence-corrected chi connectivity index (χ2v) is 5.88. The van der Waals surface area contributed by atoms with Gasteiger partial charge < -0.3 is 4.74 Å². The normalized spacial score (nSPS) is 13.9. The summed E-state index contributed by atoms with van der Waals surface area (Å²) in [5.74, 6) is 1.61. The molecule has 2 unspecified atom stereocenters. The number of fused-ring (bicyclic) bond motifs is 1. The van der Waals surface area contributed by atoms with Gasteiger partial charge in [0.05, 0.1) is 7.11 Å². The molecule has 2 aromatic carbocycles. The molecule has 0 spiro atoms. The van der Waals surface area contributed by atoms with Crippen molar-refractivity contribution in [3.05, 3.63) is 42.0 Å². The van der Waals surface area contributed by atoms with Gasteiger partial charge in [0.2, 0.25) is 0 Å². The van der Waals surface area contributed by atoms with Gasteiger partial charge in [0.25, 0.3) is 0 Å². The number of ether oxygens (including phenoxy) is 1. The highest BCUT2D eigenvalue weighted by atomic mass is 16.5. The SMILES string of the molecule is CCC(C)CC(=O)C(C)c1ccc2cc(OC)ccc2c1. The summed E-state index contributed by atoms with van der Waals surface area (Å²) in [7, 11) is 1.67. The molecule has 0 aliphatic rings. The fourth-order valence-corrected chi connectivity index (χ4v) is 2.49. The molecule has 0 amide bonds. The van der Waals surface area contributed by atoms with Crippen LogP contribution in [-0.2, 0) is 4.79 Å². The lowest BCUT2D eigenvalue weighted by Crippen LogP contribution is -2.12. The van der Waals surface area contributed by atoms with Crippen LogP contribution in [0.15, 0.2) is 36.4 Å². The van der Waals surface area contributed by atoms with E-state index in [-0.39, 0.29) is 5.92 Å². The molecule has 0 heterocycles. The second-order valence-electron chi connectivity index (χ2n) is 5.88. The fourth-order valence-electron chi connectivity index (χ4n) is 2.49. The van der Waals surface area contributed by atoms with E-state index in [4.69, 9.17) is 4.74 Å². The zero-order chi connectivity index (χ0) is 15.4. The predicted octanol–water partition coefficient (Wildman–Crippen LogP) is 4.96. The van der Waals surface area contributed by atoms with Crippen LogP contribution >= 0.6 is 0 Å². The minimum absolute atomic E-state index is 0.0366. The number of Topliss-reactive ketones (excluding diaryl/α,β-unsaturated/α-hetero) is 1. The van der Waals surface area contributed by atoms with Crippen molar-refractivity contribution in [3.8, 4) is 5.75 Å². The van der Waals surface area contributed by atoms with E-state index in [1.165, 1.54) is 0 Å². The third-order valence-corrected chi connectivity index (χ3v) is 4.30. The summed E-state index contributed by atoms with van der Waals surface area (Å²) in [5, 5.41) is 2.29. The molecule has 2 aromatic rings. The molecule has 21 heavy (non-hydrogen) atoms. The van der Waals surface area contributed by atoms with Crippen LogP contribution < -0.4 is 4.74 Å². The highest BCUT2D eigenvalue weighted by Gasteiger charge is 2.17. The third kappa shape index (κ3) is 3.63. The summed E-state index contributed by atoms with van der Waals surface area (Å²) in [5.41, 5.74) is 1.10. The Hall–Kier alpha value is -1.83. The summed E-state index contributed by atoms with van der Waals surface area (Å²) in [6.07, 6.45) is 1.72. The molecule has 0 N–H and O–H groups in total. The Labute approximate surface area is 127 Å². The summed E-state index contributed by atoms with van der Waals surface area (Å²) in [6.45, 7) is 6.28. The number of rotatable bonds is 6. The van der Waals surface area contributed by atoms with Crippen molar-refractivity contribution in [2.45, 2.75) is 39.5 Å². The number of carbonyl (C=O) groups is 1. The van der Waals surface area contributed by atoms with E-state index in [2.05, 4.69) is 32.0 Å². The van der Waals surface area contributed by atoms with Gasteiger partial charge in [-0.15, -0.1) is 0 Å². The Morgan fingerprint density at radius 2 is 1.76 bits per heavy atom. The highest BCUT2D eigenvalue weighted by molar-refractivity contribution is 5.89. The van der Waals surface area contributed by atoms with Crippen molar-refractivity contribution in [2.75, 3.05) is 7.11 Å². The number of ketones is 1. The minimum Gasteiger partial charge on any atom is -0.497 e. The average Bonchev–Trinajstić information content (AvgIpc) is 2.52. The van der Waals surface area contributed by atoms with Crippen LogP contribution in [0.3, 0.4) is 0 Å². The van der Waals surface area contributed by atoms with Crippen molar-refractivity contribution in [3.63, 3.8) is 0 Å². The smallest absolute Gasteiger partial charge is 0.140 e. The van der Waals surface area contributed by atoms with E-state index < -0.39 is 0 Å². The van der Waals surface area contributed by atoms with Crippen LogP contribution in [0.2, 0.25) is 0 Å².